The Labute approximate surface area is 143 Å². The Morgan fingerprint density at radius 3 is 2.72 bits per heavy atom. The highest BCUT2D eigenvalue weighted by atomic mass is 16.7. The molecule has 2 aliphatic rings. The summed E-state index contributed by atoms with van der Waals surface area (Å²) in [4.78, 5) is 25.2. The zero-order chi connectivity index (χ0) is 17.6. The van der Waals surface area contributed by atoms with Gasteiger partial charge in [0.1, 0.15) is 5.75 Å². The van der Waals surface area contributed by atoms with Crippen LogP contribution in [-0.4, -0.2) is 24.2 Å². The summed E-state index contributed by atoms with van der Waals surface area (Å²) < 4.78 is 16.3. The van der Waals surface area contributed by atoms with Gasteiger partial charge in [-0.2, -0.15) is 0 Å². The third kappa shape index (κ3) is 2.53. The molecular weight excluding hydrogens is 324 g/mol. The molecule has 7 heteroatoms. The molecule has 0 saturated carbocycles. The molecule has 2 amide bonds. The third-order valence-electron chi connectivity index (χ3n) is 4.19. The fraction of sp³-hybridized carbons (Fsp3) is 0.222. The number of aryl methyl sites for hydroxylation is 1. The summed E-state index contributed by atoms with van der Waals surface area (Å²) in [5.74, 6) is 0.505. The van der Waals surface area contributed by atoms with Gasteiger partial charge in [-0.3, -0.25) is 9.59 Å². The van der Waals surface area contributed by atoms with Crippen LogP contribution in [0, 0.1) is 6.92 Å². The highest BCUT2D eigenvalue weighted by Crippen LogP contribution is 2.36. The molecule has 0 fully saturated rings. The summed E-state index contributed by atoms with van der Waals surface area (Å²) in [6.45, 7) is 3.49. The zero-order valence-corrected chi connectivity index (χ0v) is 13.7. The van der Waals surface area contributed by atoms with E-state index in [-0.39, 0.29) is 6.79 Å². The Morgan fingerprint density at radius 2 is 1.88 bits per heavy atom. The number of carbonyl (C=O) groups is 2. The van der Waals surface area contributed by atoms with Gasteiger partial charge in [0.05, 0.1) is 5.69 Å². The number of ether oxygens (including phenoxy) is 3. The molecule has 0 bridgehead atoms. The summed E-state index contributed by atoms with van der Waals surface area (Å²) >= 11 is 0. The molecule has 7 nitrogen and oxygen atoms in total. The lowest BCUT2D eigenvalue weighted by molar-refractivity contribution is -0.143. The van der Waals surface area contributed by atoms with E-state index in [1.54, 1.807) is 30.3 Å². The van der Waals surface area contributed by atoms with Crippen LogP contribution in [0.25, 0.3) is 0 Å². The van der Waals surface area contributed by atoms with Crippen molar-refractivity contribution in [2.24, 2.45) is 0 Å². The Hall–Kier alpha value is -3.22. The lowest BCUT2D eigenvalue weighted by Gasteiger charge is -2.33. The average molecular weight is 340 g/mol. The number of carbonyl (C=O) groups excluding carboxylic acids is 2. The number of nitrogens with one attached hydrogen (secondary N) is 2. The van der Waals surface area contributed by atoms with Crippen molar-refractivity contribution in [2.75, 3.05) is 17.4 Å². The number of hydrogen-bond donors (Lipinski definition) is 2. The van der Waals surface area contributed by atoms with E-state index in [9.17, 15) is 9.59 Å². The first-order valence-electron chi connectivity index (χ1n) is 7.78. The maximum atomic E-state index is 12.7. The molecule has 0 radical (unpaired) electrons. The molecule has 4 rings (SSSR count). The van der Waals surface area contributed by atoms with Crippen LogP contribution in [0.3, 0.4) is 0 Å². The fourth-order valence-electron chi connectivity index (χ4n) is 2.71. The highest BCUT2D eigenvalue weighted by molar-refractivity contribution is 6.19. The second kappa shape index (κ2) is 5.41. The van der Waals surface area contributed by atoms with Gasteiger partial charge in [0.15, 0.2) is 11.5 Å². The van der Waals surface area contributed by atoms with Crippen molar-refractivity contribution in [2.45, 2.75) is 19.4 Å². The fourth-order valence-corrected chi connectivity index (χ4v) is 2.71. The second-order valence-corrected chi connectivity index (χ2v) is 6.11. The van der Waals surface area contributed by atoms with Gasteiger partial charge >= 0.3 is 0 Å². The van der Waals surface area contributed by atoms with Crippen LogP contribution in [0.15, 0.2) is 36.4 Å². The quantitative estimate of drug-likeness (QED) is 0.820. The Morgan fingerprint density at radius 1 is 1.12 bits per heavy atom. The van der Waals surface area contributed by atoms with Gasteiger partial charge in [-0.1, -0.05) is 6.07 Å². The summed E-state index contributed by atoms with van der Waals surface area (Å²) in [5.41, 5.74) is 0.342. The SMILES string of the molecule is Cc1ccc2c(c1)NC(=O)[C@@](C)(C(=O)Nc1ccc3c(c1)OCO3)O2. The number of anilines is 2. The first-order valence-corrected chi connectivity index (χ1v) is 7.78. The van der Waals surface area contributed by atoms with Crippen molar-refractivity contribution in [1.82, 2.24) is 0 Å². The minimum absolute atomic E-state index is 0.145. The lowest BCUT2D eigenvalue weighted by atomic mass is 10.0. The monoisotopic (exact) mass is 340 g/mol. The number of hydrogen-bond acceptors (Lipinski definition) is 5. The van der Waals surface area contributed by atoms with Gasteiger partial charge in [-0.25, -0.2) is 0 Å². The van der Waals surface area contributed by atoms with E-state index < -0.39 is 17.4 Å². The molecule has 0 saturated heterocycles. The largest absolute Gasteiger partial charge is 0.466 e. The van der Waals surface area contributed by atoms with Crippen molar-refractivity contribution in [1.29, 1.82) is 0 Å². The topological polar surface area (TPSA) is 85.9 Å². The van der Waals surface area contributed by atoms with Crippen LogP contribution in [0.4, 0.5) is 11.4 Å². The average Bonchev–Trinajstić information content (AvgIpc) is 3.04. The molecule has 2 aromatic carbocycles. The van der Waals surface area contributed by atoms with Crippen molar-refractivity contribution in [3.8, 4) is 17.2 Å². The molecular formula is C18H16N2O5. The van der Waals surface area contributed by atoms with E-state index in [0.29, 0.717) is 28.6 Å². The Bertz CT molecular complexity index is 895. The normalized spacial score (nSPS) is 20.3. The minimum Gasteiger partial charge on any atom is -0.466 e. The molecule has 2 aliphatic heterocycles. The summed E-state index contributed by atoms with van der Waals surface area (Å²) in [5, 5.41) is 5.42. The van der Waals surface area contributed by atoms with E-state index in [2.05, 4.69) is 10.6 Å². The van der Waals surface area contributed by atoms with E-state index in [1.165, 1.54) is 6.92 Å². The Kier molecular flexibility index (Phi) is 3.31. The van der Waals surface area contributed by atoms with Crippen molar-refractivity contribution in [3.63, 3.8) is 0 Å². The van der Waals surface area contributed by atoms with Gasteiger partial charge in [-0.05, 0) is 43.7 Å². The lowest BCUT2D eigenvalue weighted by Crippen LogP contribution is -2.56. The molecule has 0 spiro atoms. The van der Waals surface area contributed by atoms with Crippen LogP contribution in [0.5, 0.6) is 17.2 Å². The van der Waals surface area contributed by atoms with E-state index in [0.717, 1.165) is 5.56 Å². The second-order valence-electron chi connectivity index (χ2n) is 6.11. The predicted molar refractivity (Wildman–Crippen MR) is 90.0 cm³/mol. The molecule has 0 aliphatic carbocycles. The van der Waals surface area contributed by atoms with Crippen molar-refractivity contribution < 1.29 is 23.8 Å². The van der Waals surface area contributed by atoms with Crippen LogP contribution in [0.1, 0.15) is 12.5 Å². The van der Waals surface area contributed by atoms with Crippen LogP contribution in [-0.2, 0) is 9.59 Å². The molecule has 0 aromatic heterocycles. The van der Waals surface area contributed by atoms with E-state index in [4.69, 9.17) is 14.2 Å². The summed E-state index contributed by atoms with van der Waals surface area (Å²) in [6.07, 6.45) is 0. The molecule has 25 heavy (non-hydrogen) atoms. The van der Waals surface area contributed by atoms with Crippen molar-refractivity contribution in [3.05, 3.63) is 42.0 Å². The van der Waals surface area contributed by atoms with Gasteiger partial charge in [0.25, 0.3) is 17.4 Å². The maximum absolute atomic E-state index is 12.7. The van der Waals surface area contributed by atoms with Gasteiger partial charge in [0.2, 0.25) is 6.79 Å². The first-order chi connectivity index (χ1) is 12.0. The van der Waals surface area contributed by atoms with Gasteiger partial charge in [0, 0.05) is 11.8 Å². The molecule has 1 atom stereocenters. The molecule has 2 heterocycles. The summed E-state index contributed by atoms with van der Waals surface area (Å²) in [6, 6.07) is 10.4. The maximum Gasteiger partial charge on any atom is 0.278 e. The molecule has 2 aromatic rings. The standard InChI is InChI=1S/C18H16N2O5/c1-10-3-5-13-12(7-10)20-17(22)18(2,25-13)16(21)19-11-4-6-14-15(8-11)24-9-23-14/h3-8H,9H2,1-2H3,(H,19,21)(H,20,22)/t18-/m1/s1. The van der Waals surface area contributed by atoms with Gasteiger partial charge < -0.3 is 24.8 Å². The van der Waals surface area contributed by atoms with E-state index >= 15 is 0 Å². The predicted octanol–water partition coefficient (Wildman–Crippen LogP) is 2.45. The van der Waals surface area contributed by atoms with Crippen LogP contribution < -0.4 is 24.8 Å². The first kappa shape index (κ1) is 15.3. The van der Waals surface area contributed by atoms with Crippen LogP contribution >= 0.6 is 0 Å². The van der Waals surface area contributed by atoms with E-state index in [1.807, 2.05) is 13.0 Å². The number of fused-ring (bicyclic) bond motifs is 2. The molecule has 128 valence electrons. The zero-order valence-electron chi connectivity index (χ0n) is 13.7. The Balaban J connectivity index is 1.58. The number of rotatable bonds is 2. The minimum atomic E-state index is -1.68. The number of benzene rings is 2. The number of amides is 2. The highest BCUT2D eigenvalue weighted by Gasteiger charge is 2.47. The van der Waals surface area contributed by atoms with Crippen molar-refractivity contribution >= 4 is 23.2 Å². The molecule has 2 N–H and O–H groups in total. The summed E-state index contributed by atoms with van der Waals surface area (Å²) in [7, 11) is 0. The van der Waals surface area contributed by atoms with Crippen LogP contribution in [0.2, 0.25) is 0 Å². The van der Waals surface area contributed by atoms with Gasteiger partial charge in [-0.15, -0.1) is 0 Å². The smallest absolute Gasteiger partial charge is 0.278 e. The molecule has 0 unspecified atom stereocenters. The third-order valence-corrected chi connectivity index (χ3v) is 4.19.